The summed E-state index contributed by atoms with van der Waals surface area (Å²) in [5.74, 6) is 0.843. The van der Waals surface area contributed by atoms with Gasteiger partial charge < -0.3 is 4.57 Å². The van der Waals surface area contributed by atoms with Crippen LogP contribution in [0.2, 0.25) is 0 Å². The van der Waals surface area contributed by atoms with E-state index in [2.05, 4.69) is 46.7 Å². The largest absolute Gasteiger partial charge is 0.332 e. The molecule has 10 nitrogen and oxygen atoms in total. The van der Waals surface area contributed by atoms with Crippen molar-refractivity contribution in [3.05, 3.63) is 87.1 Å². The lowest BCUT2D eigenvalue weighted by molar-refractivity contribution is 0.554. The summed E-state index contributed by atoms with van der Waals surface area (Å²) in [7, 11) is 0. The van der Waals surface area contributed by atoms with Crippen LogP contribution in [0.4, 0.5) is 0 Å². The summed E-state index contributed by atoms with van der Waals surface area (Å²) in [4.78, 5) is 31.8. The summed E-state index contributed by atoms with van der Waals surface area (Å²) >= 11 is 0. The number of aryl methyl sites for hydroxylation is 2. The van der Waals surface area contributed by atoms with Crippen LogP contribution in [0.15, 0.2) is 64.4 Å². The van der Waals surface area contributed by atoms with E-state index in [0.29, 0.717) is 37.2 Å². The summed E-state index contributed by atoms with van der Waals surface area (Å²) in [6, 6.07) is 16.3. The second kappa shape index (κ2) is 11.6. The van der Waals surface area contributed by atoms with Crippen molar-refractivity contribution in [3.8, 4) is 16.8 Å². The predicted molar refractivity (Wildman–Crippen MR) is 151 cm³/mol. The van der Waals surface area contributed by atoms with Gasteiger partial charge in [0.1, 0.15) is 12.2 Å². The normalized spacial score (nSPS) is 11.5. The number of hydrogen-bond acceptors (Lipinski definition) is 6. The zero-order valence-electron chi connectivity index (χ0n) is 22.7. The molecule has 39 heavy (non-hydrogen) atoms. The number of fused-ring (bicyclic) bond motifs is 1. The highest BCUT2D eigenvalue weighted by Crippen LogP contribution is 2.27. The first kappa shape index (κ1) is 26.3. The highest BCUT2D eigenvalue weighted by atomic mass is 16.2. The molecule has 3 heterocycles. The van der Waals surface area contributed by atoms with E-state index in [-0.39, 0.29) is 11.2 Å². The van der Waals surface area contributed by atoms with E-state index in [1.807, 2.05) is 42.7 Å². The number of rotatable bonds is 11. The van der Waals surface area contributed by atoms with Gasteiger partial charge in [-0.15, -0.1) is 5.10 Å². The van der Waals surface area contributed by atoms with Crippen LogP contribution in [0.25, 0.3) is 28.0 Å². The van der Waals surface area contributed by atoms with Gasteiger partial charge in [0.15, 0.2) is 11.2 Å². The Morgan fingerprint density at radius 1 is 0.821 bits per heavy atom. The Bertz CT molecular complexity index is 1680. The van der Waals surface area contributed by atoms with Crippen molar-refractivity contribution in [2.75, 3.05) is 0 Å². The quantitative estimate of drug-likeness (QED) is 0.255. The average Bonchev–Trinajstić information content (AvgIpc) is 3.62. The lowest BCUT2D eigenvalue weighted by Gasteiger charge is -2.13. The topological polar surface area (TPSA) is 105 Å². The molecule has 5 rings (SSSR count). The minimum absolute atomic E-state index is 0.258. The number of aromatic nitrogens is 8. The van der Waals surface area contributed by atoms with Crippen molar-refractivity contribution < 1.29 is 0 Å². The second-order valence-corrected chi connectivity index (χ2v) is 9.75. The fourth-order valence-corrected chi connectivity index (χ4v) is 5.04. The third-order valence-corrected chi connectivity index (χ3v) is 6.95. The van der Waals surface area contributed by atoms with Crippen molar-refractivity contribution >= 4 is 11.2 Å². The van der Waals surface area contributed by atoms with Crippen molar-refractivity contribution in [1.82, 2.24) is 38.9 Å². The number of nitrogens with zero attached hydrogens (tertiary/aromatic N) is 8. The number of tetrazole rings is 1. The van der Waals surface area contributed by atoms with E-state index in [1.165, 1.54) is 4.57 Å². The Labute approximate surface area is 226 Å². The Balaban J connectivity index is 1.59. The van der Waals surface area contributed by atoms with Crippen LogP contribution in [0.3, 0.4) is 0 Å². The minimum atomic E-state index is -0.270. The number of para-hydroxylation sites is 1. The molecule has 0 saturated carbocycles. The number of unbranched alkanes of at least 4 members (excludes halogenated alkanes) is 1. The van der Waals surface area contributed by atoms with Gasteiger partial charge in [-0.1, -0.05) is 69.7 Å². The molecular formula is C29H34N8O2. The number of benzene rings is 2. The smallest absolute Gasteiger partial charge is 0.318 e. The zero-order valence-corrected chi connectivity index (χ0v) is 22.7. The molecule has 0 N–H and O–H groups in total. The van der Waals surface area contributed by atoms with Crippen LogP contribution in [0, 0.1) is 0 Å². The molecule has 0 fully saturated rings. The predicted octanol–water partition coefficient (Wildman–Crippen LogP) is 4.21. The lowest BCUT2D eigenvalue weighted by atomic mass is 10.0. The van der Waals surface area contributed by atoms with Gasteiger partial charge in [0.05, 0.1) is 5.69 Å². The van der Waals surface area contributed by atoms with Crippen LogP contribution in [0.1, 0.15) is 57.8 Å². The van der Waals surface area contributed by atoms with Crippen LogP contribution in [-0.4, -0.2) is 38.9 Å². The molecule has 3 aromatic heterocycles. The maximum Gasteiger partial charge on any atom is 0.332 e. The molecule has 10 heteroatoms. The van der Waals surface area contributed by atoms with Gasteiger partial charge in [-0.05, 0) is 46.9 Å². The monoisotopic (exact) mass is 526 g/mol. The number of imidazole rings is 1. The molecule has 0 atom stereocenters. The van der Waals surface area contributed by atoms with Gasteiger partial charge in [-0.3, -0.25) is 13.9 Å². The maximum atomic E-state index is 13.7. The SMILES string of the molecule is CCCCc1nc2c(c(=O)n(CCC)c(=O)n2CCC)n1Cc1ccc(-c2ccccc2-n2cnnn2)cc1. The molecular weight excluding hydrogens is 492 g/mol. The van der Waals surface area contributed by atoms with Crippen LogP contribution in [-0.2, 0) is 26.1 Å². The molecule has 0 aliphatic rings. The Kier molecular flexibility index (Phi) is 7.81. The molecule has 0 spiro atoms. The summed E-state index contributed by atoms with van der Waals surface area (Å²) in [6.45, 7) is 7.56. The molecule has 0 bridgehead atoms. The fourth-order valence-electron chi connectivity index (χ4n) is 5.04. The van der Waals surface area contributed by atoms with Gasteiger partial charge in [0.2, 0.25) is 0 Å². The van der Waals surface area contributed by atoms with Crippen molar-refractivity contribution in [1.29, 1.82) is 0 Å². The van der Waals surface area contributed by atoms with Gasteiger partial charge in [0.25, 0.3) is 5.56 Å². The second-order valence-electron chi connectivity index (χ2n) is 9.75. The summed E-state index contributed by atoms with van der Waals surface area (Å²) in [5.41, 5.74) is 4.47. The van der Waals surface area contributed by atoms with Gasteiger partial charge in [-0.2, -0.15) is 4.68 Å². The lowest BCUT2D eigenvalue weighted by Crippen LogP contribution is -2.40. The molecule has 0 aliphatic heterocycles. The standard InChI is InChI=1S/C29H34N8O2/c1-4-7-12-25-31-27-26(28(38)35(18-6-3)29(39)34(27)17-5-2)36(25)19-21-13-15-22(16-14-21)23-10-8-9-11-24(23)37-20-30-32-33-37/h8-11,13-16,20H,4-7,12,17-19H2,1-3H3. The third-order valence-electron chi connectivity index (χ3n) is 6.95. The van der Waals surface area contributed by atoms with Crippen molar-refractivity contribution in [2.45, 2.75) is 72.5 Å². The van der Waals surface area contributed by atoms with Crippen LogP contribution >= 0.6 is 0 Å². The van der Waals surface area contributed by atoms with Gasteiger partial charge >= 0.3 is 5.69 Å². The highest BCUT2D eigenvalue weighted by Gasteiger charge is 2.21. The Morgan fingerprint density at radius 2 is 1.56 bits per heavy atom. The third kappa shape index (κ3) is 5.06. The molecule has 2 aromatic carbocycles. The molecule has 202 valence electrons. The molecule has 0 aliphatic carbocycles. The molecule has 0 saturated heterocycles. The van der Waals surface area contributed by atoms with E-state index in [9.17, 15) is 9.59 Å². The van der Waals surface area contributed by atoms with Crippen LogP contribution < -0.4 is 11.2 Å². The van der Waals surface area contributed by atoms with E-state index in [1.54, 1.807) is 15.6 Å². The number of hydrogen-bond donors (Lipinski definition) is 0. The summed E-state index contributed by atoms with van der Waals surface area (Å²) < 4.78 is 6.73. The van der Waals surface area contributed by atoms with Crippen molar-refractivity contribution in [3.63, 3.8) is 0 Å². The minimum Gasteiger partial charge on any atom is -0.318 e. The Hall–Kier alpha value is -4.34. The maximum absolute atomic E-state index is 13.7. The first-order valence-electron chi connectivity index (χ1n) is 13.7. The van der Waals surface area contributed by atoms with Gasteiger partial charge in [0, 0.05) is 31.6 Å². The molecule has 0 radical (unpaired) electrons. The zero-order chi connectivity index (χ0) is 27.4. The average molecular weight is 527 g/mol. The van der Waals surface area contributed by atoms with Gasteiger partial charge in [-0.25, -0.2) is 9.78 Å². The summed E-state index contributed by atoms with van der Waals surface area (Å²) in [5, 5.41) is 11.6. The molecule has 0 amide bonds. The van der Waals surface area contributed by atoms with Crippen molar-refractivity contribution in [2.24, 2.45) is 0 Å². The van der Waals surface area contributed by atoms with E-state index in [0.717, 1.165) is 53.9 Å². The Morgan fingerprint density at radius 3 is 2.26 bits per heavy atom. The highest BCUT2D eigenvalue weighted by molar-refractivity contribution is 5.73. The van der Waals surface area contributed by atoms with E-state index < -0.39 is 0 Å². The first-order chi connectivity index (χ1) is 19.1. The molecule has 5 aromatic rings. The van der Waals surface area contributed by atoms with Crippen LogP contribution in [0.5, 0.6) is 0 Å². The van der Waals surface area contributed by atoms with E-state index >= 15 is 0 Å². The first-order valence-corrected chi connectivity index (χ1v) is 13.7. The molecule has 0 unspecified atom stereocenters. The fraction of sp³-hybridized carbons (Fsp3) is 0.379. The summed E-state index contributed by atoms with van der Waals surface area (Å²) in [6.07, 6.45) is 5.79. The van der Waals surface area contributed by atoms with E-state index in [4.69, 9.17) is 4.98 Å².